The third kappa shape index (κ3) is 2.49. The molecule has 0 aliphatic carbocycles. The molecule has 0 atom stereocenters. The van der Waals surface area contributed by atoms with Crippen molar-refractivity contribution in [1.82, 2.24) is 20.6 Å². The number of alkyl halides is 3. The molecule has 7 heteroatoms. The van der Waals surface area contributed by atoms with Crippen LogP contribution in [0.4, 0.5) is 13.2 Å². The molecule has 1 heterocycles. The van der Waals surface area contributed by atoms with E-state index in [-0.39, 0.29) is 11.4 Å². The van der Waals surface area contributed by atoms with Gasteiger partial charge < -0.3 is 0 Å². The highest BCUT2D eigenvalue weighted by Gasteiger charge is 2.33. The highest BCUT2D eigenvalue weighted by Crippen LogP contribution is 2.39. The van der Waals surface area contributed by atoms with Gasteiger partial charge in [-0.2, -0.15) is 13.2 Å². The highest BCUT2D eigenvalue weighted by molar-refractivity contribution is 5.81. The van der Waals surface area contributed by atoms with Crippen LogP contribution in [0.15, 0.2) is 42.5 Å². The van der Waals surface area contributed by atoms with Gasteiger partial charge in [0.05, 0.1) is 5.56 Å². The molecule has 0 saturated heterocycles. The molecule has 0 unspecified atom stereocenters. The van der Waals surface area contributed by atoms with Crippen LogP contribution in [-0.4, -0.2) is 20.6 Å². The fraction of sp³-hybridized carbons (Fsp3) is 0.0714. The SMILES string of the molecule is FC(F)(F)c1ccccc1-c1ccc[c]c1-c1nnn[nH]1. The van der Waals surface area contributed by atoms with Gasteiger partial charge >= 0.3 is 6.18 Å². The van der Waals surface area contributed by atoms with Crippen molar-refractivity contribution < 1.29 is 13.2 Å². The van der Waals surface area contributed by atoms with Crippen molar-refractivity contribution in [3.05, 3.63) is 54.1 Å². The van der Waals surface area contributed by atoms with Gasteiger partial charge in [0.15, 0.2) is 5.82 Å². The molecular formula is C14H8F3N4. The Bertz CT molecular complexity index is 751. The molecule has 1 radical (unpaired) electrons. The molecule has 2 aromatic carbocycles. The number of aromatic amines is 1. The Kier molecular flexibility index (Phi) is 3.17. The zero-order chi connectivity index (χ0) is 14.9. The zero-order valence-corrected chi connectivity index (χ0v) is 10.5. The van der Waals surface area contributed by atoms with Crippen LogP contribution < -0.4 is 0 Å². The number of hydrogen-bond acceptors (Lipinski definition) is 3. The first-order valence-electron chi connectivity index (χ1n) is 5.99. The number of nitrogens with one attached hydrogen (secondary N) is 1. The van der Waals surface area contributed by atoms with Gasteiger partial charge in [0, 0.05) is 5.56 Å². The molecule has 21 heavy (non-hydrogen) atoms. The smallest absolute Gasteiger partial charge is 0.239 e. The molecule has 0 bridgehead atoms. The van der Waals surface area contributed by atoms with Gasteiger partial charge in [-0.1, -0.05) is 36.4 Å². The van der Waals surface area contributed by atoms with E-state index in [4.69, 9.17) is 0 Å². The van der Waals surface area contributed by atoms with Crippen molar-refractivity contribution in [2.75, 3.05) is 0 Å². The van der Waals surface area contributed by atoms with Crippen molar-refractivity contribution in [2.45, 2.75) is 6.18 Å². The number of benzene rings is 2. The largest absolute Gasteiger partial charge is 0.417 e. The first-order valence-corrected chi connectivity index (χ1v) is 5.99. The summed E-state index contributed by atoms with van der Waals surface area (Å²) >= 11 is 0. The van der Waals surface area contributed by atoms with Gasteiger partial charge in [-0.05, 0) is 33.7 Å². The summed E-state index contributed by atoms with van der Waals surface area (Å²) in [6, 6.07) is 13.0. The van der Waals surface area contributed by atoms with Gasteiger partial charge in [-0.15, -0.1) is 5.10 Å². The Morgan fingerprint density at radius 3 is 2.48 bits per heavy atom. The summed E-state index contributed by atoms with van der Waals surface area (Å²) in [5.41, 5.74) is 0.106. The van der Waals surface area contributed by atoms with Gasteiger partial charge in [0.25, 0.3) is 0 Å². The molecule has 1 aromatic heterocycles. The summed E-state index contributed by atoms with van der Waals surface area (Å²) in [4.78, 5) is 0. The minimum absolute atomic E-state index is 0.0632. The van der Waals surface area contributed by atoms with E-state index in [1.165, 1.54) is 12.1 Å². The standard InChI is InChI=1S/C14H8F3N4/c15-14(16,17)12-8-4-3-6-10(12)9-5-1-2-7-11(9)13-18-20-21-19-13/h1-6,8H,(H,18,19,20,21). The first-order chi connectivity index (χ1) is 10.1. The van der Waals surface area contributed by atoms with Gasteiger partial charge in [-0.25, -0.2) is 5.10 Å². The van der Waals surface area contributed by atoms with E-state index >= 15 is 0 Å². The maximum absolute atomic E-state index is 13.1. The second-order valence-corrected chi connectivity index (χ2v) is 4.25. The fourth-order valence-electron chi connectivity index (χ4n) is 2.09. The summed E-state index contributed by atoms with van der Waals surface area (Å²) in [6.07, 6.45) is -4.44. The summed E-state index contributed by atoms with van der Waals surface area (Å²) in [6.45, 7) is 0. The fourth-order valence-corrected chi connectivity index (χ4v) is 2.09. The predicted molar refractivity (Wildman–Crippen MR) is 68.9 cm³/mol. The zero-order valence-electron chi connectivity index (χ0n) is 10.5. The van der Waals surface area contributed by atoms with Crippen LogP contribution in [0.25, 0.3) is 22.5 Å². The molecule has 0 fully saturated rings. The number of rotatable bonds is 2. The lowest BCUT2D eigenvalue weighted by Gasteiger charge is -2.14. The van der Waals surface area contributed by atoms with Crippen molar-refractivity contribution in [1.29, 1.82) is 0 Å². The van der Waals surface area contributed by atoms with Crippen LogP contribution in [-0.2, 0) is 6.18 Å². The quantitative estimate of drug-likeness (QED) is 0.787. The number of hydrogen-bond donors (Lipinski definition) is 1. The number of nitrogens with zero attached hydrogens (tertiary/aromatic N) is 3. The maximum atomic E-state index is 13.1. The molecule has 0 aliphatic rings. The molecule has 105 valence electrons. The lowest BCUT2D eigenvalue weighted by molar-refractivity contribution is -0.137. The van der Waals surface area contributed by atoms with Crippen LogP contribution in [0.5, 0.6) is 0 Å². The van der Waals surface area contributed by atoms with E-state index < -0.39 is 11.7 Å². The van der Waals surface area contributed by atoms with Crippen molar-refractivity contribution in [2.24, 2.45) is 0 Å². The topological polar surface area (TPSA) is 54.5 Å². The summed E-state index contributed by atoms with van der Waals surface area (Å²) in [7, 11) is 0. The van der Waals surface area contributed by atoms with E-state index in [1.807, 2.05) is 0 Å². The number of aromatic nitrogens is 4. The predicted octanol–water partition coefficient (Wildman–Crippen LogP) is 3.35. The average Bonchev–Trinajstić information content (AvgIpc) is 3.00. The number of tetrazole rings is 1. The van der Waals surface area contributed by atoms with Crippen LogP contribution in [0.3, 0.4) is 0 Å². The summed E-state index contributed by atoms with van der Waals surface area (Å²) < 4.78 is 39.4. The van der Waals surface area contributed by atoms with Crippen LogP contribution in [0, 0.1) is 6.07 Å². The summed E-state index contributed by atoms with van der Waals surface area (Å²) in [5.74, 6) is 0.266. The second-order valence-electron chi connectivity index (χ2n) is 4.25. The lowest BCUT2D eigenvalue weighted by Crippen LogP contribution is -2.07. The van der Waals surface area contributed by atoms with Gasteiger partial charge in [-0.3, -0.25) is 0 Å². The molecule has 4 nitrogen and oxygen atoms in total. The van der Waals surface area contributed by atoms with Crippen molar-refractivity contribution in [3.63, 3.8) is 0 Å². The molecule has 0 saturated carbocycles. The first kappa shape index (κ1) is 13.3. The van der Waals surface area contributed by atoms with E-state index in [9.17, 15) is 13.2 Å². The van der Waals surface area contributed by atoms with Crippen LogP contribution in [0.2, 0.25) is 0 Å². The van der Waals surface area contributed by atoms with Gasteiger partial charge in [0.2, 0.25) is 0 Å². The monoisotopic (exact) mass is 289 g/mol. The molecule has 0 aliphatic heterocycles. The third-order valence-electron chi connectivity index (χ3n) is 2.96. The maximum Gasteiger partial charge on any atom is 0.417 e. The molecular weight excluding hydrogens is 281 g/mol. The second kappa shape index (κ2) is 5.01. The Labute approximate surface area is 117 Å². The minimum Gasteiger partial charge on any atom is -0.239 e. The third-order valence-corrected chi connectivity index (χ3v) is 2.96. The Hall–Kier alpha value is -2.70. The minimum atomic E-state index is -4.44. The van der Waals surface area contributed by atoms with E-state index in [0.717, 1.165) is 6.07 Å². The molecule has 3 rings (SSSR count). The van der Waals surface area contributed by atoms with Gasteiger partial charge in [0.1, 0.15) is 0 Å². The molecule has 0 amide bonds. The molecule has 1 N–H and O–H groups in total. The highest BCUT2D eigenvalue weighted by atomic mass is 19.4. The van der Waals surface area contributed by atoms with Crippen LogP contribution in [0.1, 0.15) is 5.56 Å². The van der Waals surface area contributed by atoms with Crippen molar-refractivity contribution >= 4 is 0 Å². The lowest BCUT2D eigenvalue weighted by atomic mass is 9.95. The average molecular weight is 289 g/mol. The normalized spacial score (nSPS) is 11.6. The molecule has 0 spiro atoms. The van der Waals surface area contributed by atoms with E-state index in [0.29, 0.717) is 11.1 Å². The van der Waals surface area contributed by atoms with Crippen molar-refractivity contribution in [3.8, 4) is 22.5 Å². The number of H-pyrrole nitrogens is 1. The van der Waals surface area contributed by atoms with Crippen LogP contribution >= 0.6 is 0 Å². The molecule has 3 aromatic rings. The Morgan fingerprint density at radius 1 is 1.00 bits per heavy atom. The summed E-state index contributed by atoms with van der Waals surface area (Å²) in [5, 5.41) is 13.2. The van der Waals surface area contributed by atoms with E-state index in [2.05, 4.69) is 26.7 Å². The van der Waals surface area contributed by atoms with E-state index in [1.54, 1.807) is 24.3 Å². The Morgan fingerprint density at radius 2 is 1.76 bits per heavy atom. The Balaban J connectivity index is 2.24. The number of halogens is 3.